The molecule has 0 aromatic heterocycles. The van der Waals surface area contributed by atoms with E-state index in [9.17, 15) is 4.79 Å². The second kappa shape index (κ2) is 6.52. The first-order chi connectivity index (χ1) is 8.79. The number of hydrogen-bond donors (Lipinski definition) is 2. The Morgan fingerprint density at radius 1 is 1.33 bits per heavy atom. The van der Waals surface area contributed by atoms with E-state index in [1.807, 2.05) is 30.3 Å². The lowest BCUT2D eigenvalue weighted by Crippen LogP contribution is -2.41. The summed E-state index contributed by atoms with van der Waals surface area (Å²) in [6.07, 6.45) is 3.57. The average molecular weight is 248 g/mol. The molecule has 0 spiro atoms. The van der Waals surface area contributed by atoms with Gasteiger partial charge in [-0.25, -0.2) is 0 Å². The van der Waals surface area contributed by atoms with Gasteiger partial charge in [0.1, 0.15) is 0 Å². The fourth-order valence-electron chi connectivity index (χ4n) is 2.39. The zero-order valence-electron chi connectivity index (χ0n) is 10.7. The van der Waals surface area contributed by atoms with Gasteiger partial charge in [-0.3, -0.25) is 4.79 Å². The first-order valence-corrected chi connectivity index (χ1v) is 6.40. The molecule has 1 aliphatic carbocycles. The lowest BCUT2D eigenvalue weighted by molar-refractivity contribution is -0.115. The van der Waals surface area contributed by atoms with Gasteiger partial charge in [0.05, 0.1) is 12.6 Å². The summed E-state index contributed by atoms with van der Waals surface area (Å²) in [6, 6.07) is 9.80. The fourth-order valence-corrected chi connectivity index (χ4v) is 2.39. The highest BCUT2D eigenvalue weighted by Crippen LogP contribution is 2.21. The summed E-state index contributed by atoms with van der Waals surface area (Å²) in [5.74, 6) is -0.0112. The van der Waals surface area contributed by atoms with Crippen molar-refractivity contribution in [2.45, 2.75) is 31.4 Å². The first-order valence-electron chi connectivity index (χ1n) is 6.40. The van der Waals surface area contributed by atoms with Crippen LogP contribution in [-0.2, 0) is 9.53 Å². The summed E-state index contributed by atoms with van der Waals surface area (Å²) in [7, 11) is 1.73. The van der Waals surface area contributed by atoms with Gasteiger partial charge in [-0.05, 0) is 31.4 Å². The lowest BCUT2D eigenvalue weighted by atomic mass is 10.2. The van der Waals surface area contributed by atoms with Gasteiger partial charge < -0.3 is 15.4 Å². The van der Waals surface area contributed by atoms with Crippen LogP contribution in [0, 0.1) is 0 Å². The molecule has 1 saturated carbocycles. The minimum atomic E-state index is -0.0112. The average Bonchev–Trinajstić information content (AvgIpc) is 2.85. The van der Waals surface area contributed by atoms with E-state index >= 15 is 0 Å². The van der Waals surface area contributed by atoms with Gasteiger partial charge in [0.2, 0.25) is 5.91 Å². The summed E-state index contributed by atoms with van der Waals surface area (Å²) < 4.78 is 5.38. The molecule has 4 nitrogen and oxygen atoms in total. The Labute approximate surface area is 108 Å². The number of carbonyl (C=O) groups excluding carboxylic acids is 1. The second-order valence-electron chi connectivity index (χ2n) is 4.61. The van der Waals surface area contributed by atoms with Gasteiger partial charge in [-0.15, -0.1) is 0 Å². The highest BCUT2D eigenvalue weighted by atomic mass is 16.5. The van der Waals surface area contributed by atoms with Crippen LogP contribution in [0.15, 0.2) is 30.3 Å². The number of para-hydroxylation sites is 1. The van der Waals surface area contributed by atoms with Gasteiger partial charge in [0.25, 0.3) is 0 Å². The van der Waals surface area contributed by atoms with Gasteiger partial charge in [-0.2, -0.15) is 0 Å². The highest BCUT2D eigenvalue weighted by Gasteiger charge is 2.26. The Bertz CT molecular complexity index is 381. The summed E-state index contributed by atoms with van der Waals surface area (Å²) in [6.45, 7) is 0.333. The van der Waals surface area contributed by atoms with Crippen LogP contribution in [0.4, 0.5) is 5.69 Å². The molecule has 2 unspecified atom stereocenters. The van der Waals surface area contributed by atoms with Crippen molar-refractivity contribution in [3.8, 4) is 0 Å². The number of nitrogens with one attached hydrogen (secondary N) is 2. The monoisotopic (exact) mass is 248 g/mol. The maximum absolute atomic E-state index is 11.7. The SMILES string of the molecule is COC1CCCC1NCC(=O)Nc1ccccc1. The summed E-state index contributed by atoms with van der Waals surface area (Å²) in [4.78, 5) is 11.7. The van der Waals surface area contributed by atoms with Crippen LogP contribution >= 0.6 is 0 Å². The minimum Gasteiger partial charge on any atom is -0.380 e. The van der Waals surface area contributed by atoms with Crippen molar-refractivity contribution in [2.75, 3.05) is 19.0 Å². The predicted molar refractivity (Wildman–Crippen MR) is 71.5 cm³/mol. The van der Waals surface area contributed by atoms with Gasteiger partial charge in [0, 0.05) is 18.8 Å². The topological polar surface area (TPSA) is 50.4 Å². The molecule has 1 fully saturated rings. The number of benzene rings is 1. The summed E-state index contributed by atoms with van der Waals surface area (Å²) in [5.41, 5.74) is 0.832. The summed E-state index contributed by atoms with van der Waals surface area (Å²) in [5, 5.41) is 6.12. The summed E-state index contributed by atoms with van der Waals surface area (Å²) >= 11 is 0. The molecule has 98 valence electrons. The van der Waals surface area contributed by atoms with E-state index < -0.39 is 0 Å². The number of anilines is 1. The molecular weight excluding hydrogens is 228 g/mol. The zero-order valence-corrected chi connectivity index (χ0v) is 10.7. The Morgan fingerprint density at radius 3 is 2.83 bits per heavy atom. The number of ether oxygens (including phenoxy) is 1. The van der Waals surface area contributed by atoms with Gasteiger partial charge in [-0.1, -0.05) is 18.2 Å². The van der Waals surface area contributed by atoms with E-state index in [4.69, 9.17) is 4.74 Å². The van der Waals surface area contributed by atoms with Crippen molar-refractivity contribution < 1.29 is 9.53 Å². The molecule has 2 rings (SSSR count). The molecule has 2 N–H and O–H groups in total. The van der Waals surface area contributed by atoms with E-state index in [0.29, 0.717) is 12.6 Å². The van der Waals surface area contributed by atoms with Crippen LogP contribution in [0.5, 0.6) is 0 Å². The van der Waals surface area contributed by atoms with E-state index in [1.165, 1.54) is 0 Å². The molecule has 0 radical (unpaired) electrons. The van der Waals surface area contributed by atoms with Crippen molar-refractivity contribution >= 4 is 11.6 Å². The first kappa shape index (κ1) is 13.1. The van der Waals surface area contributed by atoms with Crippen molar-refractivity contribution in [1.82, 2.24) is 5.32 Å². The van der Waals surface area contributed by atoms with E-state index in [0.717, 1.165) is 24.9 Å². The van der Waals surface area contributed by atoms with E-state index in [-0.39, 0.29) is 12.0 Å². The van der Waals surface area contributed by atoms with Crippen LogP contribution in [0.1, 0.15) is 19.3 Å². The maximum atomic E-state index is 11.7. The molecule has 0 aliphatic heterocycles. The number of methoxy groups -OCH3 is 1. The van der Waals surface area contributed by atoms with E-state index in [2.05, 4.69) is 10.6 Å². The van der Waals surface area contributed by atoms with Crippen LogP contribution in [0.3, 0.4) is 0 Å². The standard InChI is InChI=1S/C14H20N2O2/c1-18-13-9-5-8-12(13)15-10-14(17)16-11-6-3-2-4-7-11/h2-4,6-7,12-13,15H,5,8-10H2,1H3,(H,16,17). The normalized spacial score (nSPS) is 22.9. The Balaban J connectivity index is 1.75. The Kier molecular flexibility index (Phi) is 4.73. The largest absolute Gasteiger partial charge is 0.380 e. The highest BCUT2D eigenvalue weighted by molar-refractivity contribution is 5.92. The molecule has 0 saturated heterocycles. The number of carbonyl (C=O) groups is 1. The Morgan fingerprint density at radius 2 is 2.11 bits per heavy atom. The lowest BCUT2D eigenvalue weighted by Gasteiger charge is -2.19. The molecule has 1 amide bonds. The molecule has 2 atom stereocenters. The van der Waals surface area contributed by atoms with E-state index in [1.54, 1.807) is 7.11 Å². The quantitative estimate of drug-likeness (QED) is 0.835. The Hall–Kier alpha value is -1.39. The fraction of sp³-hybridized carbons (Fsp3) is 0.500. The van der Waals surface area contributed by atoms with Crippen LogP contribution < -0.4 is 10.6 Å². The molecule has 18 heavy (non-hydrogen) atoms. The van der Waals surface area contributed by atoms with Crippen molar-refractivity contribution in [3.05, 3.63) is 30.3 Å². The third-order valence-corrected chi connectivity index (χ3v) is 3.34. The zero-order chi connectivity index (χ0) is 12.8. The van der Waals surface area contributed by atoms with Crippen molar-refractivity contribution in [3.63, 3.8) is 0 Å². The number of rotatable bonds is 5. The minimum absolute atomic E-state index is 0.0112. The van der Waals surface area contributed by atoms with Crippen LogP contribution in [0.2, 0.25) is 0 Å². The maximum Gasteiger partial charge on any atom is 0.238 e. The third-order valence-electron chi connectivity index (χ3n) is 3.34. The molecule has 1 aliphatic rings. The van der Waals surface area contributed by atoms with Gasteiger partial charge in [0.15, 0.2) is 0 Å². The number of hydrogen-bond acceptors (Lipinski definition) is 3. The number of amides is 1. The molecule has 0 bridgehead atoms. The molecule has 1 aromatic rings. The van der Waals surface area contributed by atoms with Gasteiger partial charge >= 0.3 is 0 Å². The third kappa shape index (κ3) is 3.55. The molecule has 1 aromatic carbocycles. The van der Waals surface area contributed by atoms with Crippen LogP contribution in [-0.4, -0.2) is 31.7 Å². The molecule has 0 heterocycles. The van der Waals surface area contributed by atoms with Crippen molar-refractivity contribution in [2.24, 2.45) is 0 Å². The van der Waals surface area contributed by atoms with Crippen LogP contribution in [0.25, 0.3) is 0 Å². The predicted octanol–water partition coefficient (Wildman–Crippen LogP) is 1.78. The molecule has 4 heteroatoms. The smallest absolute Gasteiger partial charge is 0.238 e. The second-order valence-corrected chi connectivity index (χ2v) is 4.61. The van der Waals surface area contributed by atoms with Crippen molar-refractivity contribution in [1.29, 1.82) is 0 Å². The molecular formula is C14H20N2O2.